The van der Waals surface area contributed by atoms with Gasteiger partial charge in [0, 0.05) is 50.8 Å². The lowest BCUT2D eigenvalue weighted by Gasteiger charge is -2.29. The highest BCUT2D eigenvalue weighted by molar-refractivity contribution is 5.85. The van der Waals surface area contributed by atoms with Gasteiger partial charge in [0.1, 0.15) is 0 Å². The van der Waals surface area contributed by atoms with Gasteiger partial charge in [0.2, 0.25) is 0 Å². The number of nitrogens with one attached hydrogen (secondary N) is 1. The first-order chi connectivity index (χ1) is 16.0. The van der Waals surface area contributed by atoms with Crippen molar-refractivity contribution < 1.29 is 9.47 Å². The first-order valence-electron chi connectivity index (χ1n) is 11.4. The lowest BCUT2D eigenvalue weighted by atomic mass is 10.0. The molecule has 1 aliphatic rings. The van der Waals surface area contributed by atoms with Crippen molar-refractivity contribution in [3.8, 4) is 0 Å². The van der Waals surface area contributed by atoms with Crippen LogP contribution in [0.4, 0.5) is 0 Å². The second-order valence-corrected chi connectivity index (χ2v) is 8.59. The smallest absolute Gasteiger partial charge is 0.252 e. The molecule has 1 N–H and O–H groups in total. The molecule has 10 heteroatoms. The van der Waals surface area contributed by atoms with E-state index in [0.717, 1.165) is 72.8 Å². The molecule has 0 bridgehead atoms. The fraction of sp³-hybridized carbons (Fsp3) is 0.565. The Morgan fingerprint density at radius 1 is 1.15 bits per heavy atom. The third-order valence-corrected chi connectivity index (χ3v) is 6.23. The molecule has 1 fully saturated rings. The van der Waals surface area contributed by atoms with Gasteiger partial charge in [-0.15, -0.1) is 5.10 Å². The Balaban J connectivity index is 1.57. The van der Waals surface area contributed by atoms with Crippen LogP contribution in [0.15, 0.2) is 23.0 Å². The van der Waals surface area contributed by atoms with Gasteiger partial charge in [-0.3, -0.25) is 14.6 Å². The largest absolute Gasteiger partial charge is 0.383 e. The van der Waals surface area contributed by atoms with Gasteiger partial charge < -0.3 is 14.5 Å². The molecule has 3 heterocycles. The first-order valence-corrected chi connectivity index (χ1v) is 11.4. The summed E-state index contributed by atoms with van der Waals surface area (Å²) < 4.78 is 12.4. The number of rotatable bonds is 10. The fourth-order valence-corrected chi connectivity index (χ4v) is 4.19. The van der Waals surface area contributed by atoms with Crippen LogP contribution in [-0.4, -0.2) is 88.1 Å². The molecule has 0 aliphatic carbocycles. The number of aromatic nitrogens is 5. The summed E-state index contributed by atoms with van der Waals surface area (Å²) in [6.07, 6.45) is 0. The molecule has 1 aliphatic heterocycles. The molecule has 0 spiro atoms. The van der Waals surface area contributed by atoms with Crippen molar-refractivity contribution in [2.75, 3.05) is 53.1 Å². The highest BCUT2D eigenvalue weighted by Crippen LogP contribution is 2.20. The number of aryl methyl sites for hydroxylation is 2. The quantitative estimate of drug-likeness (QED) is 0.485. The van der Waals surface area contributed by atoms with E-state index in [2.05, 4.69) is 43.3 Å². The SMILES string of the molecule is COCCn1nnnc1CN(CCN1CCOCC1)Cc1cc2c(C)ccc(C)c2[nH]c1=O. The van der Waals surface area contributed by atoms with Gasteiger partial charge in [0.05, 0.1) is 38.4 Å². The van der Waals surface area contributed by atoms with Crippen molar-refractivity contribution >= 4 is 10.9 Å². The van der Waals surface area contributed by atoms with Crippen LogP contribution in [0.5, 0.6) is 0 Å². The second kappa shape index (κ2) is 11.0. The van der Waals surface area contributed by atoms with Crippen LogP contribution in [0, 0.1) is 13.8 Å². The molecule has 0 radical (unpaired) electrons. The van der Waals surface area contributed by atoms with Crippen molar-refractivity contribution in [1.82, 2.24) is 35.0 Å². The number of tetrazole rings is 1. The number of nitrogens with zero attached hydrogens (tertiary/aromatic N) is 6. The molecule has 0 atom stereocenters. The van der Waals surface area contributed by atoms with Crippen LogP contribution in [0.2, 0.25) is 0 Å². The number of benzene rings is 1. The molecule has 4 rings (SSSR count). The summed E-state index contributed by atoms with van der Waals surface area (Å²) in [6, 6.07) is 6.17. The van der Waals surface area contributed by atoms with Gasteiger partial charge in [-0.25, -0.2) is 4.68 Å². The Labute approximate surface area is 193 Å². The van der Waals surface area contributed by atoms with Gasteiger partial charge in [-0.1, -0.05) is 12.1 Å². The first kappa shape index (κ1) is 23.5. The fourth-order valence-electron chi connectivity index (χ4n) is 4.19. The number of aromatic amines is 1. The van der Waals surface area contributed by atoms with Gasteiger partial charge >= 0.3 is 0 Å². The molecular weight excluding hydrogens is 422 g/mol. The molecule has 1 saturated heterocycles. The predicted octanol–water partition coefficient (Wildman–Crippen LogP) is 1.11. The molecular formula is C23H33N7O3. The number of hydrogen-bond acceptors (Lipinski definition) is 8. The van der Waals surface area contributed by atoms with Gasteiger partial charge in [0.15, 0.2) is 5.82 Å². The standard InChI is InChI=1S/C23H33N7O3/c1-17-4-5-18(2)22-20(17)14-19(23(31)24-22)15-29(7-6-28-8-12-33-13-9-28)16-21-25-26-27-30(21)10-11-32-3/h4-5,14H,6-13,15-16H2,1-3H3,(H,24,31). The van der Waals surface area contributed by atoms with Crippen molar-refractivity contribution in [1.29, 1.82) is 0 Å². The minimum absolute atomic E-state index is 0.0495. The number of ether oxygens (including phenoxy) is 2. The molecule has 10 nitrogen and oxygen atoms in total. The zero-order chi connectivity index (χ0) is 23.2. The third kappa shape index (κ3) is 5.83. The number of H-pyrrole nitrogens is 1. The summed E-state index contributed by atoms with van der Waals surface area (Å²) >= 11 is 0. The number of pyridine rings is 1. The Kier molecular flexibility index (Phi) is 7.81. The topological polar surface area (TPSA) is 101 Å². The van der Waals surface area contributed by atoms with Gasteiger partial charge in [-0.05, 0) is 41.5 Å². The van der Waals surface area contributed by atoms with E-state index in [1.807, 2.05) is 19.1 Å². The van der Waals surface area contributed by atoms with Gasteiger partial charge in [0.25, 0.3) is 5.56 Å². The van der Waals surface area contributed by atoms with Crippen LogP contribution in [0.1, 0.15) is 22.5 Å². The van der Waals surface area contributed by atoms with Crippen LogP contribution < -0.4 is 5.56 Å². The lowest BCUT2D eigenvalue weighted by molar-refractivity contribution is 0.0322. The average Bonchev–Trinajstić information content (AvgIpc) is 3.27. The molecule has 3 aromatic rings. The van der Waals surface area contributed by atoms with E-state index in [9.17, 15) is 4.79 Å². The van der Waals surface area contributed by atoms with Crippen LogP contribution >= 0.6 is 0 Å². The van der Waals surface area contributed by atoms with E-state index < -0.39 is 0 Å². The zero-order valence-corrected chi connectivity index (χ0v) is 19.7. The van der Waals surface area contributed by atoms with E-state index in [1.165, 1.54) is 0 Å². The third-order valence-electron chi connectivity index (χ3n) is 6.23. The van der Waals surface area contributed by atoms with Crippen LogP contribution in [0.3, 0.4) is 0 Å². The Morgan fingerprint density at radius 3 is 2.73 bits per heavy atom. The van der Waals surface area contributed by atoms with Gasteiger partial charge in [-0.2, -0.15) is 0 Å². The summed E-state index contributed by atoms with van der Waals surface area (Å²) in [5, 5.41) is 13.3. The number of hydrogen-bond donors (Lipinski definition) is 1. The minimum atomic E-state index is -0.0495. The zero-order valence-electron chi connectivity index (χ0n) is 19.7. The van der Waals surface area contributed by atoms with Crippen LogP contribution in [-0.2, 0) is 29.1 Å². The normalized spacial score (nSPS) is 15.0. The Bertz CT molecular complexity index is 1120. The lowest BCUT2D eigenvalue weighted by Crippen LogP contribution is -2.41. The number of methoxy groups -OCH3 is 1. The highest BCUT2D eigenvalue weighted by Gasteiger charge is 2.18. The summed E-state index contributed by atoms with van der Waals surface area (Å²) in [5.74, 6) is 0.762. The van der Waals surface area contributed by atoms with E-state index in [1.54, 1.807) is 11.8 Å². The van der Waals surface area contributed by atoms with Crippen molar-refractivity contribution in [2.24, 2.45) is 0 Å². The molecule has 33 heavy (non-hydrogen) atoms. The molecule has 0 unspecified atom stereocenters. The summed E-state index contributed by atoms with van der Waals surface area (Å²) in [5.41, 5.74) is 3.82. The maximum atomic E-state index is 13.0. The molecule has 178 valence electrons. The maximum absolute atomic E-state index is 13.0. The Morgan fingerprint density at radius 2 is 1.94 bits per heavy atom. The predicted molar refractivity (Wildman–Crippen MR) is 125 cm³/mol. The summed E-state index contributed by atoms with van der Waals surface area (Å²) in [4.78, 5) is 20.7. The van der Waals surface area contributed by atoms with E-state index in [-0.39, 0.29) is 5.56 Å². The average molecular weight is 456 g/mol. The second-order valence-electron chi connectivity index (χ2n) is 8.59. The molecule has 0 saturated carbocycles. The summed E-state index contributed by atoms with van der Waals surface area (Å²) in [6.45, 7) is 11.3. The number of morpholine rings is 1. The van der Waals surface area contributed by atoms with E-state index in [4.69, 9.17) is 9.47 Å². The maximum Gasteiger partial charge on any atom is 0.252 e. The number of fused-ring (bicyclic) bond motifs is 1. The highest BCUT2D eigenvalue weighted by atomic mass is 16.5. The summed E-state index contributed by atoms with van der Waals surface area (Å²) in [7, 11) is 1.66. The monoisotopic (exact) mass is 455 g/mol. The van der Waals surface area contributed by atoms with E-state index in [0.29, 0.717) is 26.2 Å². The van der Waals surface area contributed by atoms with Crippen LogP contribution in [0.25, 0.3) is 10.9 Å². The minimum Gasteiger partial charge on any atom is -0.383 e. The molecule has 1 aromatic carbocycles. The Hall–Kier alpha value is -2.66. The molecule has 0 amide bonds. The van der Waals surface area contributed by atoms with Crippen molar-refractivity contribution in [3.63, 3.8) is 0 Å². The van der Waals surface area contributed by atoms with Crippen molar-refractivity contribution in [2.45, 2.75) is 33.5 Å². The van der Waals surface area contributed by atoms with E-state index >= 15 is 0 Å². The molecule has 2 aromatic heterocycles. The van der Waals surface area contributed by atoms with Crippen molar-refractivity contribution in [3.05, 3.63) is 51.1 Å².